The molecule has 0 radical (unpaired) electrons. The van der Waals surface area contributed by atoms with Gasteiger partial charge in [0.2, 0.25) is 5.91 Å². The van der Waals surface area contributed by atoms with Crippen LogP contribution in [0.3, 0.4) is 0 Å². The Hall–Kier alpha value is -1.39. The van der Waals surface area contributed by atoms with Crippen molar-refractivity contribution in [3.05, 3.63) is 0 Å². The first-order chi connectivity index (χ1) is 5.20. The van der Waals surface area contributed by atoms with Crippen molar-refractivity contribution in [2.24, 2.45) is 5.10 Å². The Kier molecular flexibility index (Phi) is 2.20. The maximum Gasteiger partial charge on any atom is 0.305 e. The molecule has 0 bridgehead atoms. The average molecular weight is 156 g/mol. The highest BCUT2D eigenvalue weighted by atomic mass is 16.4. The number of nitrogens with zero attached hydrogens (tertiary/aromatic N) is 2. The summed E-state index contributed by atoms with van der Waals surface area (Å²) in [6.07, 6.45) is 1.72. The number of carboxylic acid groups (broad SMARTS) is 1. The van der Waals surface area contributed by atoms with Gasteiger partial charge in [0, 0.05) is 6.21 Å². The van der Waals surface area contributed by atoms with Crippen molar-refractivity contribution in [2.45, 2.75) is 12.8 Å². The van der Waals surface area contributed by atoms with Crippen LogP contribution in [-0.4, -0.2) is 34.8 Å². The molecule has 0 aliphatic carbocycles. The third-order valence-electron chi connectivity index (χ3n) is 1.31. The Morgan fingerprint density at radius 1 is 1.82 bits per heavy atom. The van der Waals surface area contributed by atoms with Crippen LogP contribution >= 0.6 is 0 Å². The van der Waals surface area contributed by atoms with Crippen molar-refractivity contribution in [3.8, 4) is 0 Å². The molecule has 1 N–H and O–H groups in total. The van der Waals surface area contributed by atoms with Gasteiger partial charge >= 0.3 is 5.97 Å². The van der Waals surface area contributed by atoms with Gasteiger partial charge < -0.3 is 5.11 Å². The van der Waals surface area contributed by atoms with Crippen molar-refractivity contribution in [1.29, 1.82) is 0 Å². The number of aliphatic carboxylic acids is 1. The molecule has 0 spiro atoms. The van der Waals surface area contributed by atoms with Gasteiger partial charge in [-0.3, -0.25) is 9.59 Å². The fraction of sp³-hybridized carbons (Fsp3) is 0.500. The maximum absolute atomic E-state index is 10.8. The number of carboxylic acids is 1. The summed E-state index contributed by atoms with van der Waals surface area (Å²) in [5.74, 6) is -1.05. The van der Waals surface area contributed by atoms with E-state index in [0.717, 1.165) is 0 Å². The Morgan fingerprint density at radius 2 is 2.55 bits per heavy atom. The van der Waals surface area contributed by atoms with Gasteiger partial charge in [-0.1, -0.05) is 0 Å². The predicted octanol–water partition coefficient (Wildman–Crippen LogP) is -0.321. The first-order valence-corrected chi connectivity index (χ1v) is 3.25. The molecule has 5 heteroatoms. The third-order valence-corrected chi connectivity index (χ3v) is 1.31. The highest BCUT2D eigenvalue weighted by molar-refractivity contribution is 5.93. The number of hydrogen-bond acceptors (Lipinski definition) is 3. The van der Waals surface area contributed by atoms with E-state index >= 15 is 0 Å². The van der Waals surface area contributed by atoms with E-state index in [1.165, 1.54) is 11.2 Å². The van der Waals surface area contributed by atoms with Gasteiger partial charge in [0.1, 0.15) is 0 Å². The van der Waals surface area contributed by atoms with Crippen LogP contribution in [0.2, 0.25) is 0 Å². The first kappa shape index (κ1) is 7.71. The van der Waals surface area contributed by atoms with Gasteiger partial charge in [-0.15, -0.1) is 0 Å². The van der Waals surface area contributed by atoms with E-state index in [0.29, 0.717) is 6.42 Å². The molecule has 0 fully saturated rings. The topological polar surface area (TPSA) is 70.0 Å². The van der Waals surface area contributed by atoms with Crippen molar-refractivity contribution in [1.82, 2.24) is 5.01 Å². The molecule has 5 nitrogen and oxygen atoms in total. The Labute approximate surface area is 63.3 Å². The fourth-order valence-electron chi connectivity index (χ4n) is 0.771. The molecule has 1 aliphatic rings. The summed E-state index contributed by atoms with van der Waals surface area (Å²) in [7, 11) is 0. The monoisotopic (exact) mass is 156 g/mol. The molecule has 0 atom stereocenters. The standard InChI is InChI=1S/C6H8N2O3/c9-5-1-3-7-8(5)4-2-6(10)11/h3H,1-2,4H2,(H,10,11). The number of rotatable bonds is 3. The van der Waals surface area contributed by atoms with Gasteiger partial charge in [0.25, 0.3) is 0 Å². The highest BCUT2D eigenvalue weighted by Gasteiger charge is 2.16. The van der Waals surface area contributed by atoms with Gasteiger partial charge in [-0.25, -0.2) is 5.01 Å². The lowest BCUT2D eigenvalue weighted by Crippen LogP contribution is -2.23. The van der Waals surface area contributed by atoms with Crippen LogP contribution in [0.4, 0.5) is 0 Å². The van der Waals surface area contributed by atoms with Crippen LogP contribution in [0.1, 0.15) is 12.8 Å². The minimum Gasteiger partial charge on any atom is -0.481 e. The normalized spacial score (nSPS) is 16.0. The molecular formula is C6H8N2O3. The zero-order valence-electron chi connectivity index (χ0n) is 5.86. The predicted molar refractivity (Wildman–Crippen MR) is 37.1 cm³/mol. The van der Waals surface area contributed by atoms with Crippen molar-refractivity contribution in [2.75, 3.05) is 6.54 Å². The Bertz CT molecular complexity index is 212. The highest BCUT2D eigenvalue weighted by Crippen LogP contribution is 2.02. The SMILES string of the molecule is O=C(O)CCN1N=CCC1=O. The summed E-state index contributed by atoms with van der Waals surface area (Å²) in [5.41, 5.74) is 0. The van der Waals surface area contributed by atoms with Gasteiger partial charge in [0.05, 0.1) is 19.4 Å². The summed E-state index contributed by atoms with van der Waals surface area (Å²) in [6, 6.07) is 0. The lowest BCUT2D eigenvalue weighted by molar-refractivity contribution is -0.138. The lowest BCUT2D eigenvalue weighted by atomic mass is 10.4. The largest absolute Gasteiger partial charge is 0.481 e. The molecule has 60 valence electrons. The molecule has 1 aliphatic heterocycles. The van der Waals surface area contributed by atoms with Crippen LogP contribution in [0.25, 0.3) is 0 Å². The maximum atomic E-state index is 10.8. The number of carbonyl (C=O) groups is 2. The molecule has 0 saturated carbocycles. The Morgan fingerprint density at radius 3 is 3.00 bits per heavy atom. The van der Waals surface area contributed by atoms with E-state index in [2.05, 4.69) is 5.10 Å². The summed E-state index contributed by atoms with van der Waals surface area (Å²) >= 11 is 0. The quantitative estimate of drug-likeness (QED) is 0.608. The van der Waals surface area contributed by atoms with Gasteiger partial charge in [-0.05, 0) is 0 Å². The summed E-state index contributed by atoms with van der Waals surface area (Å²) in [5, 5.41) is 13.1. The van der Waals surface area contributed by atoms with E-state index < -0.39 is 5.97 Å². The van der Waals surface area contributed by atoms with Gasteiger partial charge in [0.15, 0.2) is 0 Å². The summed E-state index contributed by atoms with van der Waals surface area (Å²) in [4.78, 5) is 20.9. The van der Waals surface area contributed by atoms with E-state index in [4.69, 9.17) is 5.11 Å². The second-order valence-corrected chi connectivity index (χ2v) is 2.16. The zero-order valence-corrected chi connectivity index (χ0v) is 5.86. The minimum absolute atomic E-state index is 0.0525. The molecule has 0 aromatic carbocycles. The van der Waals surface area contributed by atoms with Crippen LogP contribution in [0, 0.1) is 0 Å². The fourth-order valence-corrected chi connectivity index (χ4v) is 0.771. The number of amides is 1. The summed E-state index contributed by atoms with van der Waals surface area (Å²) in [6.45, 7) is 0.171. The molecule has 0 saturated heterocycles. The van der Waals surface area contributed by atoms with E-state index in [9.17, 15) is 9.59 Å². The van der Waals surface area contributed by atoms with Crippen LogP contribution in [0.15, 0.2) is 5.10 Å². The molecule has 0 aromatic heterocycles. The number of carbonyl (C=O) groups excluding carboxylic acids is 1. The Balaban J connectivity index is 2.31. The van der Waals surface area contributed by atoms with Crippen molar-refractivity contribution >= 4 is 18.1 Å². The number of hydrazone groups is 1. The average Bonchev–Trinajstić information content (AvgIpc) is 2.31. The lowest BCUT2D eigenvalue weighted by Gasteiger charge is -2.08. The molecule has 0 aromatic rings. The summed E-state index contributed by atoms with van der Waals surface area (Å²) < 4.78 is 0. The third kappa shape index (κ3) is 2.03. The van der Waals surface area contributed by atoms with E-state index in [-0.39, 0.29) is 18.9 Å². The van der Waals surface area contributed by atoms with E-state index in [1.807, 2.05) is 0 Å². The van der Waals surface area contributed by atoms with Crippen LogP contribution in [-0.2, 0) is 9.59 Å². The van der Waals surface area contributed by atoms with Gasteiger partial charge in [-0.2, -0.15) is 5.10 Å². The van der Waals surface area contributed by atoms with Crippen LogP contribution in [0.5, 0.6) is 0 Å². The minimum atomic E-state index is -0.917. The zero-order chi connectivity index (χ0) is 8.27. The van der Waals surface area contributed by atoms with E-state index in [1.54, 1.807) is 0 Å². The molecule has 0 unspecified atom stereocenters. The molecular weight excluding hydrogens is 148 g/mol. The molecule has 1 amide bonds. The molecule has 1 rings (SSSR count). The van der Waals surface area contributed by atoms with Crippen LogP contribution < -0.4 is 0 Å². The van der Waals surface area contributed by atoms with Crippen molar-refractivity contribution < 1.29 is 14.7 Å². The number of hydrogen-bond donors (Lipinski definition) is 1. The second-order valence-electron chi connectivity index (χ2n) is 2.16. The first-order valence-electron chi connectivity index (χ1n) is 3.25. The van der Waals surface area contributed by atoms with Crippen molar-refractivity contribution in [3.63, 3.8) is 0 Å². The molecule has 11 heavy (non-hydrogen) atoms. The smallest absolute Gasteiger partial charge is 0.305 e. The molecule has 1 heterocycles. The second kappa shape index (κ2) is 3.14.